The summed E-state index contributed by atoms with van der Waals surface area (Å²) in [5.74, 6) is 1.95. The van der Waals surface area contributed by atoms with E-state index in [9.17, 15) is 9.18 Å². The van der Waals surface area contributed by atoms with E-state index in [1.807, 2.05) is 63.4 Å². The normalized spacial score (nSPS) is 18.8. The smallest absolute Gasteiger partial charge is 0.310 e. The van der Waals surface area contributed by atoms with Gasteiger partial charge in [0.15, 0.2) is 23.0 Å². The number of halogens is 1. The molecule has 8 nitrogen and oxygen atoms in total. The molecule has 0 atom stereocenters. The fourth-order valence-electron chi connectivity index (χ4n) is 4.64. The molecular weight excluding hydrogens is 459 g/mol. The third-order valence-corrected chi connectivity index (χ3v) is 7.74. The number of hydrogen-bond donors (Lipinski definition) is 0. The van der Waals surface area contributed by atoms with E-state index >= 15 is 0 Å². The van der Waals surface area contributed by atoms with Crippen molar-refractivity contribution in [3.63, 3.8) is 0 Å². The molecule has 0 radical (unpaired) electrons. The summed E-state index contributed by atoms with van der Waals surface area (Å²) in [6, 6.07) is 5.71. The largest absolute Gasteiger partial charge is 0.499 e. The molecule has 0 amide bonds. The highest BCUT2D eigenvalue weighted by molar-refractivity contribution is 6.53. The molecule has 5 rings (SSSR count). The lowest BCUT2D eigenvalue weighted by Gasteiger charge is -2.47. The van der Waals surface area contributed by atoms with Crippen LogP contribution >= 0.6 is 0 Å². The van der Waals surface area contributed by atoms with Crippen LogP contribution in [-0.4, -0.2) is 76.0 Å². The van der Waals surface area contributed by atoms with Crippen molar-refractivity contribution < 1.29 is 18.6 Å². The lowest BCUT2D eigenvalue weighted by Crippen LogP contribution is -2.65. The van der Waals surface area contributed by atoms with Crippen LogP contribution in [0.2, 0.25) is 0 Å². The number of aryl methyl sites for hydroxylation is 2. The molecule has 1 aromatic carbocycles. The average Bonchev–Trinajstić information content (AvgIpc) is 2.81. The van der Waals surface area contributed by atoms with E-state index in [0.717, 1.165) is 34.2 Å². The summed E-state index contributed by atoms with van der Waals surface area (Å²) in [5, 5.41) is 3.57. The maximum absolute atomic E-state index is 14.2. The summed E-state index contributed by atoms with van der Waals surface area (Å²) in [4.78, 5) is 18.9. The molecule has 2 aliphatic heterocycles. The van der Waals surface area contributed by atoms with Crippen molar-refractivity contribution in [1.82, 2.24) is 14.6 Å². The number of aromatic nitrogens is 3. The van der Waals surface area contributed by atoms with Crippen molar-refractivity contribution in [3.05, 3.63) is 51.2 Å². The number of rotatable bonds is 3. The SMILES string of the molecule is BC1(B)Oc2ccc(OC3CCN(c4nn5c(=O)c(F)c(C)nc5c(C)c4C)CC3)cc2OC1(B)B. The predicted molar refractivity (Wildman–Crippen MR) is 147 cm³/mol. The van der Waals surface area contributed by atoms with Gasteiger partial charge in [-0.1, -0.05) is 0 Å². The molecule has 0 aliphatic carbocycles. The van der Waals surface area contributed by atoms with Gasteiger partial charge in [0.25, 0.3) is 0 Å². The summed E-state index contributed by atoms with van der Waals surface area (Å²) < 4.78 is 34.0. The van der Waals surface area contributed by atoms with E-state index in [1.54, 1.807) is 0 Å². The number of nitrogens with zero attached hydrogens (tertiary/aromatic N) is 4. The number of piperidine rings is 1. The fraction of sp³-hybridized carbons (Fsp3) is 0.435. The Morgan fingerprint density at radius 2 is 1.67 bits per heavy atom. The molecule has 2 aliphatic rings. The topological polar surface area (TPSA) is 78.2 Å². The molecule has 3 aromatic rings. The van der Waals surface area contributed by atoms with Gasteiger partial charge in [-0.05, 0) is 32.9 Å². The van der Waals surface area contributed by atoms with Crippen molar-refractivity contribution in [2.24, 2.45) is 0 Å². The molecule has 13 heteroatoms. The highest BCUT2D eigenvalue weighted by atomic mass is 19.1. The number of hydrogen-bond acceptors (Lipinski definition) is 7. The van der Waals surface area contributed by atoms with E-state index in [4.69, 9.17) is 14.2 Å². The van der Waals surface area contributed by atoms with Crippen molar-refractivity contribution >= 4 is 42.9 Å². The van der Waals surface area contributed by atoms with Crippen LogP contribution in [-0.2, 0) is 0 Å². The Morgan fingerprint density at radius 1 is 1.03 bits per heavy atom. The van der Waals surface area contributed by atoms with Gasteiger partial charge in [-0.3, -0.25) is 4.79 Å². The summed E-state index contributed by atoms with van der Waals surface area (Å²) in [6.07, 6.45) is 1.58. The fourth-order valence-corrected chi connectivity index (χ4v) is 4.64. The van der Waals surface area contributed by atoms with Crippen molar-refractivity contribution in [3.8, 4) is 17.2 Å². The first-order chi connectivity index (χ1) is 16.9. The summed E-state index contributed by atoms with van der Waals surface area (Å²) in [5.41, 5.74) is 1.46. The zero-order valence-electron chi connectivity index (χ0n) is 21.9. The molecule has 1 fully saturated rings. The van der Waals surface area contributed by atoms with Gasteiger partial charge in [0.2, 0.25) is 5.82 Å². The van der Waals surface area contributed by atoms with Crippen molar-refractivity contribution in [2.75, 3.05) is 18.0 Å². The van der Waals surface area contributed by atoms with E-state index in [1.165, 1.54) is 6.92 Å². The van der Waals surface area contributed by atoms with Crippen molar-refractivity contribution in [1.29, 1.82) is 0 Å². The third-order valence-electron chi connectivity index (χ3n) is 7.74. The van der Waals surface area contributed by atoms with Gasteiger partial charge in [-0.2, -0.15) is 8.91 Å². The van der Waals surface area contributed by atoms with Gasteiger partial charge in [-0.15, -0.1) is 5.10 Å². The second-order valence-electron chi connectivity index (χ2n) is 10.8. The first-order valence-electron chi connectivity index (χ1n) is 12.4. The molecule has 0 bridgehead atoms. The summed E-state index contributed by atoms with van der Waals surface area (Å²) in [6.45, 7) is 6.74. The van der Waals surface area contributed by atoms with Gasteiger partial charge in [0.05, 0.1) is 16.5 Å². The van der Waals surface area contributed by atoms with E-state index in [2.05, 4.69) is 15.0 Å². The van der Waals surface area contributed by atoms with E-state index in [0.29, 0.717) is 36.1 Å². The minimum atomic E-state index is -0.868. The molecule has 2 aromatic heterocycles. The molecule has 0 unspecified atom stereocenters. The minimum absolute atomic E-state index is 0.0274. The highest BCUT2D eigenvalue weighted by Gasteiger charge is 2.44. The van der Waals surface area contributed by atoms with Crippen LogP contribution in [0.1, 0.15) is 29.7 Å². The first-order valence-corrected chi connectivity index (χ1v) is 12.4. The maximum atomic E-state index is 14.2. The number of benzene rings is 1. The maximum Gasteiger partial charge on any atom is 0.310 e. The first kappa shape index (κ1) is 24.6. The van der Waals surface area contributed by atoms with Crippen LogP contribution < -0.4 is 24.7 Å². The van der Waals surface area contributed by atoms with Crippen LogP contribution in [0.3, 0.4) is 0 Å². The number of anilines is 1. The molecule has 184 valence electrons. The molecule has 36 heavy (non-hydrogen) atoms. The number of ether oxygens (including phenoxy) is 3. The van der Waals surface area contributed by atoms with E-state index in [-0.39, 0.29) is 11.8 Å². The second-order valence-corrected chi connectivity index (χ2v) is 10.8. The quantitative estimate of drug-likeness (QED) is 0.430. The van der Waals surface area contributed by atoms with Gasteiger partial charge in [0.1, 0.15) is 43.2 Å². The lowest BCUT2D eigenvalue weighted by atomic mass is 9.41. The Labute approximate surface area is 213 Å². The molecule has 0 saturated carbocycles. The van der Waals surface area contributed by atoms with Gasteiger partial charge in [-0.25, -0.2) is 4.98 Å². The predicted octanol–water partition coefficient (Wildman–Crippen LogP) is -1.19. The Bertz CT molecular complexity index is 1420. The van der Waals surface area contributed by atoms with Crippen LogP contribution in [0.4, 0.5) is 10.2 Å². The molecule has 1 saturated heterocycles. The molecule has 0 N–H and O–H groups in total. The van der Waals surface area contributed by atoms with Crippen LogP contribution in [0.15, 0.2) is 23.0 Å². The monoisotopic (exact) mass is 488 g/mol. The lowest BCUT2D eigenvalue weighted by molar-refractivity contribution is 0.0609. The third kappa shape index (κ3) is 4.02. The second kappa shape index (κ2) is 8.49. The Hall–Kier alpha value is -3.10. The average molecular weight is 488 g/mol. The Morgan fingerprint density at radius 3 is 2.33 bits per heavy atom. The Balaban J connectivity index is 1.32. The summed E-state index contributed by atoms with van der Waals surface area (Å²) >= 11 is 0. The zero-order chi connectivity index (χ0) is 26.0. The zero-order valence-corrected chi connectivity index (χ0v) is 21.9. The Kier molecular flexibility index (Phi) is 5.80. The van der Waals surface area contributed by atoms with Crippen LogP contribution in [0, 0.1) is 26.6 Å². The molecule has 4 heterocycles. The van der Waals surface area contributed by atoms with E-state index < -0.39 is 22.2 Å². The van der Waals surface area contributed by atoms with Gasteiger partial charge >= 0.3 is 5.56 Å². The molecule has 0 spiro atoms. The van der Waals surface area contributed by atoms with Crippen molar-refractivity contribution in [2.45, 2.75) is 50.5 Å². The highest BCUT2D eigenvalue weighted by Crippen LogP contribution is 2.41. The van der Waals surface area contributed by atoms with Crippen LogP contribution in [0.25, 0.3) is 5.65 Å². The van der Waals surface area contributed by atoms with Gasteiger partial charge < -0.3 is 19.1 Å². The van der Waals surface area contributed by atoms with Crippen LogP contribution in [0.5, 0.6) is 17.2 Å². The number of fused-ring (bicyclic) bond motifs is 2. The molecular formula is C23H29B4FN4O4. The van der Waals surface area contributed by atoms with Gasteiger partial charge in [0, 0.05) is 43.1 Å². The minimum Gasteiger partial charge on any atom is -0.499 e. The summed E-state index contributed by atoms with van der Waals surface area (Å²) in [7, 11) is 8.07. The standard InChI is InChI=1S/C23H29B4FN4O4/c1-11-12(2)20(30-32-19(11)29-13(3)18(28)21(32)33)31-8-6-14(7-9-31)34-15-4-5-16-17(10-15)36-23(26,27)22(24,25)35-16/h4-5,10,14H,6-9,24-27H2,1-3H3.